The maximum absolute atomic E-state index is 6.49. The van der Waals surface area contributed by atoms with Crippen molar-refractivity contribution in [1.29, 1.82) is 0 Å². The maximum Gasteiger partial charge on any atom is 0.0145 e. The Bertz CT molecular complexity index is 371. The minimum atomic E-state index is 0.388. The van der Waals surface area contributed by atoms with Crippen LogP contribution in [0.3, 0.4) is 0 Å². The summed E-state index contributed by atoms with van der Waals surface area (Å²) in [6.45, 7) is 0. The molecule has 1 fully saturated rings. The predicted octanol–water partition coefficient (Wildman–Crippen LogP) is 3.39. The fourth-order valence-electron chi connectivity index (χ4n) is 3.18. The van der Waals surface area contributed by atoms with Crippen molar-refractivity contribution in [2.75, 3.05) is 5.75 Å². The Morgan fingerprint density at radius 3 is 2.75 bits per heavy atom. The lowest BCUT2D eigenvalue weighted by Crippen LogP contribution is -2.35. The van der Waals surface area contributed by atoms with E-state index in [0.29, 0.717) is 12.0 Å². The molecule has 1 saturated carbocycles. The molecule has 1 aliphatic carbocycles. The van der Waals surface area contributed by atoms with Crippen LogP contribution in [-0.2, 0) is 0 Å². The number of benzene rings is 1. The molecule has 1 aliphatic heterocycles. The molecule has 0 saturated heterocycles. The minimum absolute atomic E-state index is 0.388. The summed E-state index contributed by atoms with van der Waals surface area (Å²) < 4.78 is 0. The van der Waals surface area contributed by atoms with Crippen LogP contribution in [0.15, 0.2) is 29.2 Å². The van der Waals surface area contributed by atoms with Crippen molar-refractivity contribution in [3.05, 3.63) is 29.8 Å². The lowest BCUT2D eigenvalue weighted by Gasteiger charge is -2.25. The van der Waals surface area contributed by atoms with E-state index in [1.807, 2.05) is 11.8 Å². The first kappa shape index (κ1) is 10.7. The molecule has 0 spiro atoms. The van der Waals surface area contributed by atoms with E-state index in [1.54, 1.807) is 0 Å². The first-order valence-electron chi connectivity index (χ1n) is 6.33. The highest BCUT2D eigenvalue weighted by molar-refractivity contribution is 7.99. The molecule has 0 bridgehead atoms. The summed E-state index contributed by atoms with van der Waals surface area (Å²) in [5.41, 5.74) is 7.99. The Kier molecular flexibility index (Phi) is 2.95. The van der Waals surface area contributed by atoms with Gasteiger partial charge in [0.05, 0.1) is 0 Å². The van der Waals surface area contributed by atoms with E-state index in [2.05, 4.69) is 24.3 Å². The molecule has 1 nitrogen and oxygen atoms in total. The number of thioether (sulfide) groups is 1. The molecule has 1 heterocycles. The average molecular weight is 233 g/mol. The zero-order valence-corrected chi connectivity index (χ0v) is 10.4. The van der Waals surface area contributed by atoms with Gasteiger partial charge >= 0.3 is 0 Å². The van der Waals surface area contributed by atoms with Gasteiger partial charge in [0.15, 0.2) is 0 Å². The number of nitrogens with two attached hydrogens (primary N) is 1. The Hall–Kier alpha value is -0.470. The second-order valence-corrected chi connectivity index (χ2v) is 6.14. The van der Waals surface area contributed by atoms with Gasteiger partial charge in [0, 0.05) is 22.6 Å². The molecule has 0 radical (unpaired) electrons. The second-order valence-electron chi connectivity index (χ2n) is 5.08. The van der Waals surface area contributed by atoms with Gasteiger partial charge in [0.25, 0.3) is 0 Å². The topological polar surface area (TPSA) is 26.0 Å². The van der Waals surface area contributed by atoms with Crippen LogP contribution in [0.25, 0.3) is 0 Å². The molecule has 3 rings (SSSR count). The van der Waals surface area contributed by atoms with E-state index in [9.17, 15) is 0 Å². The first-order chi connectivity index (χ1) is 7.86. The molecule has 2 heteroatoms. The van der Waals surface area contributed by atoms with Crippen LogP contribution in [0.4, 0.5) is 0 Å². The third-order valence-electron chi connectivity index (χ3n) is 4.15. The standard InChI is InChI=1S/C14H19NS/c15-14(10-5-1-2-6-10)12-9-16-13-8-4-3-7-11(12)13/h3-4,7-8,10,12,14H,1-2,5-6,9,15H2. The van der Waals surface area contributed by atoms with E-state index in [4.69, 9.17) is 5.73 Å². The second kappa shape index (κ2) is 4.42. The Morgan fingerprint density at radius 2 is 1.94 bits per heavy atom. The van der Waals surface area contributed by atoms with Gasteiger partial charge in [-0.1, -0.05) is 31.0 Å². The van der Waals surface area contributed by atoms with E-state index in [0.717, 1.165) is 5.92 Å². The van der Waals surface area contributed by atoms with Crippen LogP contribution >= 0.6 is 11.8 Å². The molecule has 0 amide bonds. The fourth-order valence-corrected chi connectivity index (χ4v) is 4.50. The monoisotopic (exact) mass is 233 g/mol. The maximum atomic E-state index is 6.49. The molecule has 86 valence electrons. The number of fused-ring (bicyclic) bond motifs is 1. The molecule has 2 unspecified atom stereocenters. The van der Waals surface area contributed by atoms with Gasteiger partial charge in [-0.05, 0) is 30.4 Å². The Labute approximate surface area is 102 Å². The van der Waals surface area contributed by atoms with Crippen LogP contribution in [0.5, 0.6) is 0 Å². The fraction of sp³-hybridized carbons (Fsp3) is 0.571. The molecule has 0 aromatic heterocycles. The lowest BCUT2D eigenvalue weighted by molar-refractivity contribution is 0.390. The normalized spacial score (nSPS) is 26.9. The zero-order valence-electron chi connectivity index (χ0n) is 9.56. The van der Waals surface area contributed by atoms with Crippen LogP contribution in [0.1, 0.15) is 37.2 Å². The summed E-state index contributed by atoms with van der Waals surface area (Å²) in [7, 11) is 0. The van der Waals surface area contributed by atoms with Crippen molar-refractivity contribution in [1.82, 2.24) is 0 Å². The van der Waals surface area contributed by atoms with Gasteiger partial charge < -0.3 is 5.73 Å². The van der Waals surface area contributed by atoms with E-state index >= 15 is 0 Å². The van der Waals surface area contributed by atoms with Crippen molar-refractivity contribution >= 4 is 11.8 Å². The zero-order chi connectivity index (χ0) is 11.0. The van der Waals surface area contributed by atoms with Crippen LogP contribution in [0, 0.1) is 5.92 Å². The quantitative estimate of drug-likeness (QED) is 0.847. The molecule has 2 atom stereocenters. The van der Waals surface area contributed by atoms with Crippen molar-refractivity contribution in [3.8, 4) is 0 Å². The number of hydrogen-bond acceptors (Lipinski definition) is 2. The van der Waals surface area contributed by atoms with Crippen molar-refractivity contribution in [2.24, 2.45) is 11.7 Å². The number of hydrogen-bond donors (Lipinski definition) is 1. The van der Waals surface area contributed by atoms with Crippen LogP contribution in [-0.4, -0.2) is 11.8 Å². The lowest BCUT2D eigenvalue weighted by atomic mass is 9.84. The van der Waals surface area contributed by atoms with Crippen LogP contribution in [0.2, 0.25) is 0 Å². The minimum Gasteiger partial charge on any atom is -0.327 e. The van der Waals surface area contributed by atoms with Gasteiger partial charge in [-0.15, -0.1) is 11.8 Å². The molecule has 16 heavy (non-hydrogen) atoms. The molecular formula is C14H19NS. The summed E-state index contributed by atoms with van der Waals surface area (Å²) >= 11 is 1.98. The van der Waals surface area contributed by atoms with Crippen molar-refractivity contribution in [2.45, 2.75) is 42.5 Å². The van der Waals surface area contributed by atoms with Gasteiger partial charge in [0.2, 0.25) is 0 Å². The highest BCUT2D eigenvalue weighted by Crippen LogP contribution is 2.44. The largest absolute Gasteiger partial charge is 0.327 e. The summed E-state index contributed by atoms with van der Waals surface area (Å²) in [6.07, 6.45) is 5.48. The highest BCUT2D eigenvalue weighted by Gasteiger charge is 2.33. The summed E-state index contributed by atoms with van der Waals surface area (Å²) in [4.78, 5) is 1.46. The Morgan fingerprint density at radius 1 is 1.19 bits per heavy atom. The van der Waals surface area contributed by atoms with Crippen LogP contribution < -0.4 is 5.73 Å². The number of rotatable bonds is 2. The first-order valence-corrected chi connectivity index (χ1v) is 7.32. The van der Waals surface area contributed by atoms with Crippen molar-refractivity contribution in [3.63, 3.8) is 0 Å². The van der Waals surface area contributed by atoms with Gasteiger partial charge in [-0.25, -0.2) is 0 Å². The third-order valence-corrected chi connectivity index (χ3v) is 5.35. The van der Waals surface area contributed by atoms with Crippen molar-refractivity contribution < 1.29 is 0 Å². The highest BCUT2D eigenvalue weighted by atomic mass is 32.2. The summed E-state index contributed by atoms with van der Waals surface area (Å²) in [6, 6.07) is 9.18. The molecule has 2 N–H and O–H groups in total. The van der Waals surface area contributed by atoms with Gasteiger partial charge in [-0.3, -0.25) is 0 Å². The molecule has 1 aromatic carbocycles. The molecule has 1 aromatic rings. The van der Waals surface area contributed by atoms with E-state index in [-0.39, 0.29) is 0 Å². The SMILES string of the molecule is NC(C1CCCC1)C1CSc2ccccc21. The van der Waals surface area contributed by atoms with Gasteiger partial charge in [0.1, 0.15) is 0 Å². The Balaban J connectivity index is 1.81. The van der Waals surface area contributed by atoms with E-state index < -0.39 is 0 Å². The average Bonchev–Trinajstić information content (AvgIpc) is 2.98. The molecular weight excluding hydrogens is 214 g/mol. The predicted molar refractivity (Wildman–Crippen MR) is 69.8 cm³/mol. The van der Waals surface area contributed by atoms with Gasteiger partial charge in [-0.2, -0.15) is 0 Å². The summed E-state index contributed by atoms with van der Waals surface area (Å²) in [5, 5.41) is 0. The summed E-state index contributed by atoms with van der Waals surface area (Å²) in [5.74, 6) is 2.57. The van der Waals surface area contributed by atoms with E-state index in [1.165, 1.54) is 41.9 Å². The molecule has 2 aliphatic rings. The smallest absolute Gasteiger partial charge is 0.0145 e. The third kappa shape index (κ3) is 1.78.